The van der Waals surface area contributed by atoms with Gasteiger partial charge in [-0.25, -0.2) is 4.98 Å². The second kappa shape index (κ2) is 4.17. The van der Waals surface area contributed by atoms with Crippen molar-refractivity contribution < 1.29 is 5.11 Å². The van der Waals surface area contributed by atoms with Gasteiger partial charge in [-0.15, -0.1) is 11.3 Å². The quantitative estimate of drug-likeness (QED) is 0.829. The topological polar surface area (TPSA) is 66.0 Å². The molecule has 0 unspecified atom stereocenters. The molecule has 1 aliphatic rings. The molecule has 0 aromatic carbocycles. The van der Waals surface area contributed by atoms with E-state index in [4.69, 9.17) is 0 Å². The van der Waals surface area contributed by atoms with Gasteiger partial charge in [-0.3, -0.25) is 4.79 Å². The lowest BCUT2D eigenvalue weighted by molar-refractivity contribution is 0.189. The average Bonchev–Trinajstić information content (AvgIpc) is 2.66. The molecule has 0 radical (unpaired) electrons. The van der Waals surface area contributed by atoms with Crippen LogP contribution in [-0.4, -0.2) is 15.1 Å². The van der Waals surface area contributed by atoms with Crippen LogP contribution in [0.1, 0.15) is 42.6 Å². The minimum atomic E-state index is -0.736. The van der Waals surface area contributed by atoms with Gasteiger partial charge in [0, 0.05) is 4.88 Å². The number of aliphatic hydroxyl groups excluding tert-OH is 1. The van der Waals surface area contributed by atoms with Crippen molar-refractivity contribution >= 4 is 21.6 Å². The van der Waals surface area contributed by atoms with Crippen LogP contribution >= 0.6 is 11.3 Å². The van der Waals surface area contributed by atoms with E-state index in [1.807, 2.05) is 0 Å². The molecule has 2 N–H and O–H groups in total. The number of aromatic amines is 1. The van der Waals surface area contributed by atoms with Gasteiger partial charge in [0.05, 0.1) is 5.39 Å². The number of nitrogens with one attached hydrogen (secondary N) is 1. The molecular formula is C13H16N2O2S. The summed E-state index contributed by atoms with van der Waals surface area (Å²) in [5.74, 6) is 1.04. The third-order valence-electron chi connectivity index (χ3n) is 3.58. The largest absolute Gasteiger partial charge is 0.385 e. The van der Waals surface area contributed by atoms with Crippen molar-refractivity contribution in [2.45, 2.75) is 39.2 Å². The van der Waals surface area contributed by atoms with Gasteiger partial charge in [0.25, 0.3) is 5.56 Å². The lowest BCUT2D eigenvalue weighted by Gasteiger charge is -2.17. The van der Waals surface area contributed by atoms with Crippen molar-refractivity contribution in [1.82, 2.24) is 9.97 Å². The summed E-state index contributed by atoms with van der Waals surface area (Å²) in [4.78, 5) is 21.3. The van der Waals surface area contributed by atoms with Gasteiger partial charge in [-0.05, 0) is 37.7 Å². The van der Waals surface area contributed by atoms with E-state index in [1.54, 1.807) is 18.3 Å². The molecule has 0 amide bonds. The summed E-state index contributed by atoms with van der Waals surface area (Å²) in [7, 11) is 0. The summed E-state index contributed by atoms with van der Waals surface area (Å²) in [5, 5.41) is 10.3. The zero-order valence-electron chi connectivity index (χ0n) is 10.5. The molecule has 2 atom stereocenters. The zero-order chi connectivity index (χ0) is 12.9. The number of aromatic nitrogens is 2. The first-order valence-corrected chi connectivity index (χ1v) is 7.10. The second-order valence-electron chi connectivity index (χ2n) is 5.16. The van der Waals surface area contributed by atoms with E-state index in [2.05, 4.69) is 16.9 Å². The van der Waals surface area contributed by atoms with Gasteiger partial charge in [0.1, 0.15) is 16.8 Å². The highest BCUT2D eigenvalue weighted by Crippen LogP contribution is 2.35. The molecule has 96 valence electrons. The van der Waals surface area contributed by atoms with E-state index >= 15 is 0 Å². The average molecular weight is 264 g/mol. The maximum Gasteiger partial charge on any atom is 0.260 e. The molecule has 2 aromatic rings. The van der Waals surface area contributed by atoms with Crippen molar-refractivity contribution in [2.24, 2.45) is 5.92 Å². The summed E-state index contributed by atoms with van der Waals surface area (Å²) >= 11 is 1.61. The maximum absolute atomic E-state index is 12.1. The molecule has 0 bridgehead atoms. The molecule has 2 heterocycles. The minimum Gasteiger partial charge on any atom is -0.385 e. The maximum atomic E-state index is 12.1. The van der Waals surface area contributed by atoms with Gasteiger partial charge in [-0.1, -0.05) is 6.92 Å². The van der Waals surface area contributed by atoms with E-state index in [1.165, 1.54) is 10.4 Å². The Balaban J connectivity index is 2.25. The highest BCUT2D eigenvalue weighted by molar-refractivity contribution is 7.18. The van der Waals surface area contributed by atoms with Crippen LogP contribution in [0.5, 0.6) is 0 Å². The molecule has 0 spiro atoms. The monoisotopic (exact) mass is 264 g/mol. The van der Waals surface area contributed by atoms with E-state index in [9.17, 15) is 9.90 Å². The molecule has 5 heteroatoms. The third-order valence-corrected chi connectivity index (χ3v) is 4.73. The molecule has 0 saturated heterocycles. The lowest BCUT2D eigenvalue weighted by Crippen LogP contribution is -2.15. The number of nitrogens with zero attached hydrogens (tertiary/aromatic N) is 1. The van der Waals surface area contributed by atoms with Crippen molar-refractivity contribution in [3.8, 4) is 0 Å². The molecule has 0 saturated carbocycles. The summed E-state index contributed by atoms with van der Waals surface area (Å²) < 4.78 is 0. The molecule has 1 aliphatic carbocycles. The normalized spacial score (nSPS) is 20.9. The van der Waals surface area contributed by atoms with Crippen LogP contribution in [0.2, 0.25) is 0 Å². The lowest BCUT2D eigenvalue weighted by atomic mass is 9.89. The number of hydrogen-bond acceptors (Lipinski definition) is 4. The highest BCUT2D eigenvalue weighted by Gasteiger charge is 2.23. The number of aliphatic hydroxyl groups is 1. The van der Waals surface area contributed by atoms with E-state index in [0.29, 0.717) is 11.7 Å². The van der Waals surface area contributed by atoms with Crippen molar-refractivity contribution in [3.63, 3.8) is 0 Å². The van der Waals surface area contributed by atoms with Gasteiger partial charge in [0.2, 0.25) is 0 Å². The number of fused-ring (bicyclic) bond motifs is 3. The van der Waals surface area contributed by atoms with Crippen LogP contribution in [0.3, 0.4) is 0 Å². The zero-order valence-corrected chi connectivity index (χ0v) is 11.3. The van der Waals surface area contributed by atoms with Crippen LogP contribution in [0.25, 0.3) is 10.2 Å². The first kappa shape index (κ1) is 11.9. The van der Waals surface area contributed by atoms with Crippen LogP contribution in [0.15, 0.2) is 4.79 Å². The number of aryl methyl sites for hydroxylation is 1. The van der Waals surface area contributed by atoms with Gasteiger partial charge >= 0.3 is 0 Å². The van der Waals surface area contributed by atoms with Crippen molar-refractivity contribution in [3.05, 3.63) is 26.6 Å². The second-order valence-corrected chi connectivity index (χ2v) is 6.24. The summed E-state index contributed by atoms with van der Waals surface area (Å²) in [6.45, 7) is 3.85. The Kier molecular flexibility index (Phi) is 2.75. The molecule has 2 aromatic heterocycles. The van der Waals surface area contributed by atoms with Crippen LogP contribution < -0.4 is 5.56 Å². The number of thiophene rings is 1. The Bertz CT molecular complexity index is 657. The molecule has 18 heavy (non-hydrogen) atoms. The van der Waals surface area contributed by atoms with Gasteiger partial charge < -0.3 is 10.1 Å². The van der Waals surface area contributed by atoms with Crippen LogP contribution in [0, 0.1) is 5.92 Å². The third kappa shape index (κ3) is 1.78. The van der Waals surface area contributed by atoms with Gasteiger partial charge in [0.15, 0.2) is 0 Å². The number of hydrogen-bond donors (Lipinski definition) is 2. The predicted molar refractivity (Wildman–Crippen MR) is 72.1 cm³/mol. The molecule has 3 rings (SSSR count). The summed E-state index contributed by atoms with van der Waals surface area (Å²) in [6.07, 6.45) is 2.41. The standard InChI is InChI=1S/C13H16N2O2S/c1-6-3-4-8-9(5-6)18-13-10(8)12(17)14-11(15-13)7(2)16/h6-7,16H,3-5H2,1-2H3,(H,14,15,17)/t6-,7+/m1/s1. The van der Waals surface area contributed by atoms with Crippen molar-refractivity contribution in [2.75, 3.05) is 0 Å². The molecule has 0 fully saturated rings. The number of rotatable bonds is 1. The fourth-order valence-corrected chi connectivity index (χ4v) is 3.95. The van der Waals surface area contributed by atoms with E-state index in [0.717, 1.165) is 29.5 Å². The van der Waals surface area contributed by atoms with E-state index < -0.39 is 6.10 Å². The van der Waals surface area contributed by atoms with Crippen molar-refractivity contribution in [1.29, 1.82) is 0 Å². The molecule has 0 aliphatic heterocycles. The van der Waals surface area contributed by atoms with Crippen LogP contribution in [-0.2, 0) is 12.8 Å². The minimum absolute atomic E-state index is 0.108. The van der Waals surface area contributed by atoms with E-state index in [-0.39, 0.29) is 5.56 Å². The Morgan fingerprint density at radius 2 is 2.33 bits per heavy atom. The first-order chi connectivity index (χ1) is 8.56. The smallest absolute Gasteiger partial charge is 0.260 e. The SMILES string of the molecule is C[C@@H]1CCc2c(sc3nc([C@H](C)O)[nH]c(=O)c23)C1. The summed E-state index contributed by atoms with van der Waals surface area (Å²) in [5.41, 5.74) is 1.07. The number of H-pyrrole nitrogens is 1. The fourth-order valence-electron chi connectivity index (χ4n) is 2.56. The van der Waals surface area contributed by atoms with Gasteiger partial charge in [-0.2, -0.15) is 0 Å². The Hall–Kier alpha value is -1.20. The highest BCUT2D eigenvalue weighted by atomic mass is 32.1. The molecular weight excluding hydrogens is 248 g/mol. The Morgan fingerprint density at radius 1 is 1.56 bits per heavy atom. The fraction of sp³-hybridized carbons (Fsp3) is 0.538. The first-order valence-electron chi connectivity index (χ1n) is 6.28. The Labute approximate surface area is 109 Å². The molecule has 4 nitrogen and oxygen atoms in total. The summed E-state index contributed by atoms with van der Waals surface area (Å²) in [6, 6.07) is 0. The Morgan fingerprint density at radius 3 is 3.06 bits per heavy atom. The predicted octanol–water partition coefficient (Wildman–Crippen LogP) is 2.16. The van der Waals surface area contributed by atoms with Crippen LogP contribution in [0.4, 0.5) is 0 Å².